The molecule has 0 saturated heterocycles. The average Bonchev–Trinajstić information content (AvgIpc) is 2.76. The fraction of sp³-hybridized carbons (Fsp3) is 0.240. The van der Waals surface area contributed by atoms with Gasteiger partial charge in [0.25, 0.3) is 0 Å². The fourth-order valence-electron chi connectivity index (χ4n) is 3.79. The SMILES string of the molecule is COc1ccc2c(c1)N(C(C)=O)CCC2Nc1ccccc1Oc1ccc(C)cc1. The number of methoxy groups -OCH3 is 1. The van der Waals surface area contributed by atoms with Gasteiger partial charge in [0, 0.05) is 19.5 Å². The summed E-state index contributed by atoms with van der Waals surface area (Å²) >= 11 is 0. The predicted molar refractivity (Wildman–Crippen MR) is 120 cm³/mol. The molecule has 0 spiro atoms. The van der Waals surface area contributed by atoms with E-state index in [1.807, 2.05) is 71.6 Å². The first-order valence-electron chi connectivity index (χ1n) is 10.1. The number of hydrogen-bond acceptors (Lipinski definition) is 4. The summed E-state index contributed by atoms with van der Waals surface area (Å²) in [4.78, 5) is 14.0. The number of para-hydroxylation sites is 2. The van der Waals surface area contributed by atoms with Gasteiger partial charge in [0.05, 0.1) is 24.5 Å². The van der Waals surface area contributed by atoms with Gasteiger partial charge in [-0.3, -0.25) is 4.79 Å². The molecular formula is C25H26N2O3. The molecule has 3 aromatic rings. The Balaban J connectivity index is 1.63. The summed E-state index contributed by atoms with van der Waals surface area (Å²) < 4.78 is 11.5. The van der Waals surface area contributed by atoms with Gasteiger partial charge in [-0.2, -0.15) is 0 Å². The van der Waals surface area contributed by atoms with E-state index in [-0.39, 0.29) is 11.9 Å². The fourth-order valence-corrected chi connectivity index (χ4v) is 3.79. The van der Waals surface area contributed by atoms with Crippen LogP contribution in [0.5, 0.6) is 17.2 Å². The zero-order chi connectivity index (χ0) is 21.1. The summed E-state index contributed by atoms with van der Waals surface area (Å²) in [7, 11) is 1.64. The number of nitrogens with zero attached hydrogens (tertiary/aromatic N) is 1. The average molecular weight is 402 g/mol. The molecule has 30 heavy (non-hydrogen) atoms. The summed E-state index contributed by atoms with van der Waals surface area (Å²) in [6, 6.07) is 21.9. The van der Waals surface area contributed by atoms with E-state index < -0.39 is 0 Å². The largest absolute Gasteiger partial charge is 0.497 e. The van der Waals surface area contributed by atoms with Gasteiger partial charge in [-0.05, 0) is 49.2 Å². The predicted octanol–water partition coefficient (Wildman–Crippen LogP) is 5.71. The van der Waals surface area contributed by atoms with E-state index in [0.717, 1.165) is 40.6 Å². The Labute approximate surface area is 177 Å². The van der Waals surface area contributed by atoms with Gasteiger partial charge < -0.3 is 19.7 Å². The molecule has 1 N–H and O–H groups in total. The van der Waals surface area contributed by atoms with Crippen molar-refractivity contribution >= 4 is 17.3 Å². The molecule has 1 atom stereocenters. The van der Waals surface area contributed by atoms with E-state index in [1.165, 1.54) is 5.56 Å². The molecule has 0 saturated carbocycles. The minimum atomic E-state index is 0.0334. The number of anilines is 2. The van der Waals surface area contributed by atoms with Crippen LogP contribution in [0.4, 0.5) is 11.4 Å². The zero-order valence-electron chi connectivity index (χ0n) is 17.5. The second kappa shape index (κ2) is 8.49. The van der Waals surface area contributed by atoms with E-state index in [9.17, 15) is 4.79 Å². The van der Waals surface area contributed by atoms with Gasteiger partial charge in [0.15, 0.2) is 5.75 Å². The molecule has 154 valence electrons. The number of amides is 1. The van der Waals surface area contributed by atoms with Crippen molar-refractivity contribution in [3.8, 4) is 17.2 Å². The van der Waals surface area contributed by atoms with Crippen molar-refractivity contribution in [1.29, 1.82) is 0 Å². The quantitative estimate of drug-likeness (QED) is 0.594. The molecule has 0 radical (unpaired) electrons. The molecule has 1 aliphatic heterocycles. The number of nitrogens with one attached hydrogen (secondary N) is 1. The van der Waals surface area contributed by atoms with Crippen molar-refractivity contribution < 1.29 is 14.3 Å². The third kappa shape index (κ3) is 4.10. The lowest BCUT2D eigenvalue weighted by molar-refractivity contribution is -0.116. The Kier molecular flexibility index (Phi) is 5.61. The van der Waals surface area contributed by atoms with Crippen molar-refractivity contribution in [2.24, 2.45) is 0 Å². The van der Waals surface area contributed by atoms with Crippen molar-refractivity contribution in [2.75, 3.05) is 23.9 Å². The number of hydrogen-bond donors (Lipinski definition) is 1. The summed E-state index contributed by atoms with van der Waals surface area (Å²) in [5.41, 5.74) is 4.07. The van der Waals surface area contributed by atoms with Crippen LogP contribution in [0.2, 0.25) is 0 Å². The highest BCUT2D eigenvalue weighted by molar-refractivity contribution is 5.93. The van der Waals surface area contributed by atoms with E-state index in [2.05, 4.69) is 12.2 Å². The summed E-state index contributed by atoms with van der Waals surface area (Å²) in [6.45, 7) is 4.30. The minimum absolute atomic E-state index is 0.0334. The highest BCUT2D eigenvalue weighted by atomic mass is 16.5. The van der Waals surface area contributed by atoms with Crippen molar-refractivity contribution in [1.82, 2.24) is 0 Å². The molecule has 0 aromatic heterocycles. The first kappa shape index (κ1) is 19.8. The lowest BCUT2D eigenvalue weighted by atomic mass is 9.95. The standard InChI is InChI=1S/C25H26N2O3/c1-17-8-10-19(11-9-17)30-25-7-5-4-6-23(25)26-22-14-15-27(18(2)28)24-16-20(29-3)12-13-21(22)24/h4-13,16,22,26H,14-15H2,1-3H3. The van der Waals surface area contributed by atoms with Crippen LogP contribution in [-0.4, -0.2) is 19.6 Å². The molecule has 3 aromatic carbocycles. The van der Waals surface area contributed by atoms with Gasteiger partial charge in [-0.15, -0.1) is 0 Å². The molecule has 1 heterocycles. The lowest BCUT2D eigenvalue weighted by Crippen LogP contribution is -2.36. The Morgan fingerprint density at radius 1 is 1.03 bits per heavy atom. The van der Waals surface area contributed by atoms with Gasteiger partial charge >= 0.3 is 0 Å². The molecule has 5 nitrogen and oxygen atoms in total. The zero-order valence-corrected chi connectivity index (χ0v) is 17.5. The second-order valence-corrected chi connectivity index (χ2v) is 7.49. The van der Waals surface area contributed by atoms with E-state index in [4.69, 9.17) is 9.47 Å². The smallest absolute Gasteiger partial charge is 0.223 e. The highest BCUT2D eigenvalue weighted by Crippen LogP contribution is 2.40. The summed E-state index contributed by atoms with van der Waals surface area (Å²) in [6.07, 6.45) is 0.803. The number of benzene rings is 3. The van der Waals surface area contributed by atoms with E-state index >= 15 is 0 Å². The summed E-state index contributed by atoms with van der Waals surface area (Å²) in [5.74, 6) is 2.34. The third-order valence-corrected chi connectivity index (χ3v) is 5.39. The van der Waals surface area contributed by atoms with Crippen molar-refractivity contribution in [3.05, 3.63) is 77.9 Å². The van der Waals surface area contributed by atoms with Crippen molar-refractivity contribution in [3.63, 3.8) is 0 Å². The van der Waals surface area contributed by atoms with Crippen LogP contribution in [0.3, 0.4) is 0 Å². The number of rotatable bonds is 5. The first-order chi connectivity index (χ1) is 14.5. The summed E-state index contributed by atoms with van der Waals surface area (Å²) in [5, 5.41) is 3.63. The Bertz CT molecular complexity index is 1050. The van der Waals surface area contributed by atoms with E-state index in [1.54, 1.807) is 14.0 Å². The second-order valence-electron chi connectivity index (χ2n) is 7.49. The van der Waals surface area contributed by atoms with Crippen molar-refractivity contribution in [2.45, 2.75) is 26.3 Å². The molecule has 1 unspecified atom stereocenters. The molecule has 5 heteroatoms. The number of ether oxygens (including phenoxy) is 2. The highest BCUT2D eigenvalue weighted by Gasteiger charge is 2.28. The Morgan fingerprint density at radius 3 is 2.50 bits per heavy atom. The van der Waals surface area contributed by atoms with Crippen LogP contribution in [-0.2, 0) is 4.79 Å². The van der Waals surface area contributed by atoms with Crippen LogP contribution in [0.15, 0.2) is 66.7 Å². The maximum Gasteiger partial charge on any atom is 0.223 e. The molecule has 0 fully saturated rings. The molecular weight excluding hydrogens is 376 g/mol. The van der Waals surface area contributed by atoms with Crippen LogP contribution < -0.4 is 19.7 Å². The monoisotopic (exact) mass is 402 g/mol. The Hall–Kier alpha value is -3.47. The molecule has 4 rings (SSSR count). The van der Waals surface area contributed by atoms with Gasteiger partial charge in [-0.25, -0.2) is 0 Å². The maximum atomic E-state index is 12.2. The Morgan fingerprint density at radius 2 is 1.77 bits per heavy atom. The minimum Gasteiger partial charge on any atom is -0.497 e. The van der Waals surface area contributed by atoms with E-state index in [0.29, 0.717) is 6.54 Å². The lowest BCUT2D eigenvalue weighted by Gasteiger charge is -2.35. The van der Waals surface area contributed by atoms with Crippen LogP contribution in [0.1, 0.15) is 30.5 Å². The molecule has 0 bridgehead atoms. The van der Waals surface area contributed by atoms with Gasteiger partial charge in [0.1, 0.15) is 11.5 Å². The van der Waals surface area contributed by atoms with Gasteiger partial charge in [0.2, 0.25) is 5.91 Å². The molecule has 1 aliphatic rings. The number of aryl methyl sites for hydroxylation is 1. The number of carbonyl (C=O) groups is 1. The number of carbonyl (C=O) groups excluding carboxylic acids is 1. The van der Waals surface area contributed by atoms with Crippen LogP contribution in [0, 0.1) is 6.92 Å². The normalized spacial score (nSPS) is 15.3. The topological polar surface area (TPSA) is 50.8 Å². The van der Waals surface area contributed by atoms with Crippen LogP contribution in [0.25, 0.3) is 0 Å². The van der Waals surface area contributed by atoms with Crippen LogP contribution >= 0.6 is 0 Å². The molecule has 0 aliphatic carbocycles. The number of fused-ring (bicyclic) bond motifs is 1. The van der Waals surface area contributed by atoms with Gasteiger partial charge in [-0.1, -0.05) is 35.9 Å². The first-order valence-corrected chi connectivity index (χ1v) is 10.1. The maximum absolute atomic E-state index is 12.2. The third-order valence-electron chi connectivity index (χ3n) is 5.39. The molecule has 1 amide bonds.